The average molecular weight is 352 g/mol. The van der Waals surface area contributed by atoms with Gasteiger partial charge in [-0.2, -0.15) is 0 Å². The van der Waals surface area contributed by atoms with E-state index in [9.17, 15) is 4.79 Å². The second-order valence-corrected chi connectivity index (χ2v) is 5.99. The molecule has 0 saturated heterocycles. The molecule has 4 N–H and O–H groups in total. The molecule has 0 saturated carbocycles. The molecule has 7 nitrogen and oxygen atoms in total. The molecule has 0 spiro atoms. The van der Waals surface area contributed by atoms with Gasteiger partial charge in [-0.05, 0) is 36.0 Å². The lowest BCUT2D eigenvalue weighted by atomic mass is 10.1. The van der Waals surface area contributed by atoms with Crippen molar-refractivity contribution in [1.29, 1.82) is 5.41 Å². The van der Waals surface area contributed by atoms with Crippen LogP contribution in [0.15, 0.2) is 53.8 Å². The number of amides is 1. The molecule has 0 atom stereocenters. The number of hydrogen-bond donors (Lipinski definition) is 3. The van der Waals surface area contributed by atoms with Crippen LogP contribution >= 0.6 is 11.8 Å². The van der Waals surface area contributed by atoms with Crippen molar-refractivity contribution in [1.82, 2.24) is 14.7 Å². The summed E-state index contributed by atoms with van der Waals surface area (Å²) in [6.45, 7) is 0. The van der Waals surface area contributed by atoms with Crippen molar-refractivity contribution < 1.29 is 4.79 Å². The number of nitrogens with zero attached hydrogens (tertiary/aromatic N) is 3. The van der Waals surface area contributed by atoms with Crippen molar-refractivity contribution in [2.24, 2.45) is 10.7 Å². The van der Waals surface area contributed by atoms with Crippen molar-refractivity contribution in [2.45, 2.75) is 0 Å². The number of nitrogens with two attached hydrogens (primary N) is 1. The first-order valence-corrected chi connectivity index (χ1v) is 8.29. The molecule has 2 heterocycles. The minimum absolute atomic E-state index is 0.150. The summed E-state index contributed by atoms with van der Waals surface area (Å²) in [6, 6.07) is 11.1. The first kappa shape index (κ1) is 16.7. The van der Waals surface area contributed by atoms with Gasteiger partial charge in [0.05, 0.1) is 23.1 Å². The summed E-state index contributed by atoms with van der Waals surface area (Å²) in [4.78, 5) is 20.4. The van der Waals surface area contributed by atoms with Gasteiger partial charge in [-0.15, -0.1) is 0 Å². The van der Waals surface area contributed by atoms with E-state index in [1.54, 1.807) is 25.4 Å². The molecule has 0 aliphatic rings. The van der Waals surface area contributed by atoms with Gasteiger partial charge in [0.15, 0.2) is 5.17 Å². The highest BCUT2D eigenvalue weighted by atomic mass is 32.2. The number of pyridine rings is 1. The van der Waals surface area contributed by atoms with Crippen LogP contribution in [-0.4, -0.2) is 33.1 Å². The maximum absolute atomic E-state index is 11.7. The van der Waals surface area contributed by atoms with Gasteiger partial charge in [0.2, 0.25) is 0 Å². The van der Waals surface area contributed by atoms with Gasteiger partial charge in [0, 0.05) is 24.4 Å². The summed E-state index contributed by atoms with van der Waals surface area (Å²) in [7, 11) is 1.60. The fraction of sp³-hybridized carbons (Fsp3) is 0.0588. The molecule has 0 unspecified atom stereocenters. The Bertz CT molecular complexity index is 978. The van der Waals surface area contributed by atoms with E-state index in [1.165, 1.54) is 0 Å². The summed E-state index contributed by atoms with van der Waals surface area (Å²) < 4.78 is 1.91. The number of aliphatic imine (C=N–C) groups is 1. The SMILES string of the molecule is CNC(=O)c1ccn2c(-c3cccc(N=C(N)SC=N)c3)cnc2c1. The zero-order chi connectivity index (χ0) is 17.8. The Morgan fingerprint density at radius 1 is 1.40 bits per heavy atom. The Balaban J connectivity index is 2.01. The van der Waals surface area contributed by atoms with Gasteiger partial charge < -0.3 is 16.5 Å². The molecule has 3 rings (SSSR count). The smallest absolute Gasteiger partial charge is 0.251 e. The monoisotopic (exact) mass is 352 g/mol. The van der Waals surface area contributed by atoms with Gasteiger partial charge in [0.1, 0.15) is 5.65 Å². The molecule has 126 valence electrons. The number of imidazole rings is 1. The largest absolute Gasteiger partial charge is 0.378 e. The van der Waals surface area contributed by atoms with E-state index < -0.39 is 0 Å². The van der Waals surface area contributed by atoms with Gasteiger partial charge >= 0.3 is 0 Å². The molecule has 0 bridgehead atoms. The van der Waals surface area contributed by atoms with Crippen molar-refractivity contribution in [3.63, 3.8) is 0 Å². The topological polar surface area (TPSA) is 109 Å². The summed E-state index contributed by atoms with van der Waals surface area (Å²) in [6.07, 6.45) is 3.57. The minimum atomic E-state index is -0.150. The summed E-state index contributed by atoms with van der Waals surface area (Å²) in [5.41, 5.74) is 10.6. The van der Waals surface area contributed by atoms with Gasteiger partial charge in [0.25, 0.3) is 5.91 Å². The lowest BCUT2D eigenvalue weighted by molar-refractivity contribution is 0.0963. The van der Waals surface area contributed by atoms with Crippen molar-refractivity contribution in [2.75, 3.05) is 7.05 Å². The number of fused-ring (bicyclic) bond motifs is 1. The standard InChI is InChI=1S/C17H16N6OS/c1-20-16(24)12-5-6-23-14(9-21-15(23)8-12)11-3-2-4-13(7-11)22-17(19)25-10-18/h2-10,18H,1H3,(H2,19,22)(H,20,24). The van der Waals surface area contributed by atoms with Crippen LogP contribution in [0.5, 0.6) is 0 Å². The first-order valence-electron chi connectivity index (χ1n) is 7.42. The van der Waals surface area contributed by atoms with E-state index in [2.05, 4.69) is 15.3 Å². The molecule has 0 aliphatic carbocycles. The molecule has 0 radical (unpaired) electrons. The van der Waals surface area contributed by atoms with Crippen LogP contribution < -0.4 is 11.1 Å². The third-order valence-corrected chi connectivity index (χ3v) is 4.01. The second-order valence-electron chi connectivity index (χ2n) is 5.10. The van der Waals surface area contributed by atoms with Crippen LogP contribution in [0.25, 0.3) is 16.9 Å². The highest BCUT2D eigenvalue weighted by Gasteiger charge is 2.10. The molecule has 1 aromatic carbocycles. The van der Waals surface area contributed by atoms with E-state index in [-0.39, 0.29) is 5.91 Å². The first-order chi connectivity index (χ1) is 12.1. The van der Waals surface area contributed by atoms with Crippen LogP contribution in [0.4, 0.5) is 5.69 Å². The Kier molecular flexibility index (Phi) is 4.80. The van der Waals surface area contributed by atoms with E-state index in [1.807, 2.05) is 34.9 Å². The summed E-state index contributed by atoms with van der Waals surface area (Å²) in [5.74, 6) is -0.150. The van der Waals surface area contributed by atoms with Crippen LogP contribution in [-0.2, 0) is 0 Å². The van der Waals surface area contributed by atoms with E-state index in [4.69, 9.17) is 11.1 Å². The maximum atomic E-state index is 11.7. The predicted octanol–water partition coefficient (Wildman–Crippen LogP) is 2.65. The number of carbonyl (C=O) groups is 1. The maximum Gasteiger partial charge on any atom is 0.251 e. The van der Waals surface area contributed by atoms with E-state index in [0.717, 1.165) is 28.6 Å². The van der Waals surface area contributed by atoms with Crippen molar-refractivity contribution in [3.8, 4) is 11.3 Å². The van der Waals surface area contributed by atoms with Crippen LogP contribution in [0, 0.1) is 5.41 Å². The molecule has 1 amide bonds. The number of amidine groups is 1. The summed E-state index contributed by atoms with van der Waals surface area (Å²) in [5, 5.41) is 9.95. The third kappa shape index (κ3) is 3.53. The number of nitrogens with one attached hydrogen (secondary N) is 2. The Labute approximate surface area is 148 Å². The predicted molar refractivity (Wildman–Crippen MR) is 102 cm³/mol. The number of thioether (sulfide) groups is 1. The molecule has 25 heavy (non-hydrogen) atoms. The lowest BCUT2D eigenvalue weighted by Crippen LogP contribution is -2.17. The Hall–Kier alpha value is -3.13. The molecule has 0 aliphatic heterocycles. The highest BCUT2D eigenvalue weighted by molar-refractivity contribution is 8.24. The van der Waals surface area contributed by atoms with E-state index >= 15 is 0 Å². The lowest BCUT2D eigenvalue weighted by Gasteiger charge is -2.05. The van der Waals surface area contributed by atoms with Gasteiger partial charge in [-0.1, -0.05) is 12.1 Å². The Morgan fingerprint density at radius 2 is 2.24 bits per heavy atom. The van der Waals surface area contributed by atoms with E-state index in [0.29, 0.717) is 22.1 Å². The molecular formula is C17H16N6OS. The van der Waals surface area contributed by atoms with Crippen molar-refractivity contribution in [3.05, 3.63) is 54.4 Å². The number of aromatic nitrogens is 2. The fourth-order valence-corrected chi connectivity index (χ4v) is 2.71. The molecular weight excluding hydrogens is 336 g/mol. The molecule has 2 aromatic heterocycles. The second kappa shape index (κ2) is 7.18. The van der Waals surface area contributed by atoms with Gasteiger partial charge in [-0.25, -0.2) is 9.98 Å². The number of carbonyl (C=O) groups excluding carboxylic acids is 1. The number of hydrogen-bond acceptors (Lipinski definition) is 5. The van der Waals surface area contributed by atoms with Gasteiger partial charge in [-0.3, -0.25) is 9.20 Å². The normalized spacial score (nSPS) is 11.5. The minimum Gasteiger partial charge on any atom is -0.378 e. The zero-order valence-electron chi connectivity index (χ0n) is 13.4. The third-order valence-electron chi connectivity index (χ3n) is 3.56. The van der Waals surface area contributed by atoms with Crippen LogP contribution in [0.3, 0.4) is 0 Å². The number of benzene rings is 1. The highest BCUT2D eigenvalue weighted by Crippen LogP contribution is 2.25. The van der Waals surface area contributed by atoms with Crippen LogP contribution in [0.2, 0.25) is 0 Å². The molecule has 0 fully saturated rings. The summed E-state index contributed by atoms with van der Waals surface area (Å²) >= 11 is 1.05. The zero-order valence-corrected chi connectivity index (χ0v) is 14.2. The molecule has 3 aromatic rings. The Morgan fingerprint density at radius 3 is 3.00 bits per heavy atom. The van der Waals surface area contributed by atoms with Crippen molar-refractivity contribution >= 4 is 39.7 Å². The fourth-order valence-electron chi connectivity index (χ4n) is 2.43. The number of rotatable bonds is 4. The quantitative estimate of drug-likeness (QED) is 0.495. The van der Waals surface area contributed by atoms with Crippen LogP contribution in [0.1, 0.15) is 10.4 Å². The molecule has 8 heteroatoms. The average Bonchev–Trinajstić information content (AvgIpc) is 3.04.